The van der Waals surface area contributed by atoms with Crippen LogP contribution in [0, 0.1) is 11.8 Å². The van der Waals surface area contributed by atoms with Gasteiger partial charge in [-0.3, -0.25) is 0 Å². The Morgan fingerprint density at radius 1 is 0.897 bits per heavy atom. The largest absolute Gasteiger partial charge is 0.444 e. The van der Waals surface area contributed by atoms with Crippen molar-refractivity contribution in [3.8, 4) is 0 Å². The average Bonchev–Trinajstić information content (AvgIpc) is 2.86. The molecule has 39 heavy (non-hydrogen) atoms. The molecule has 3 rings (SSSR count). The molecule has 2 atom stereocenters. The van der Waals surface area contributed by atoms with Gasteiger partial charge in [0.25, 0.3) is 0 Å². The maximum atomic E-state index is 12.7. The minimum Gasteiger partial charge on any atom is -0.444 e. The summed E-state index contributed by atoms with van der Waals surface area (Å²) in [7, 11) is -3.47. The molecule has 222 valence electrons. The zero-order valence-corrected chi connectivity index (χ0v) is 25.2. The summed E-state index contributed by atoms with van der Waals surface area (Å²) in [4.78, 5) is 23.4. The molecular weight excluding hydrogens is 520 g/mol. The van der Waals surface area contributed by atoms with Gasteiger partial charge in [-0.1, -0.05) is 18.2 Å². The van der Waals surface area contributed by atoms with Gasteiger partial charge in [0, 0.05) is 26.2 Å². The molecule has 0 aliphatic carbocycles. The first-order chi connectivity index (χ1) is 18.2. The lowest BCUT2D eigenvalue weighted by atomic mass is 10.00. The van der Waals surface area contributed by atoms with Crippen LogP contribution < -0.4 is 16.0 Å². The molecular formula is C28H48N4O6S. The topological polar surface area (TPSA) is 126 Å². The van der Waals surface area contributed by atoms with Crippen molar-refractivity contribution in [3.05, 3.63) is 30.3 Å². The molecule has 2 aliphatic heterocycles. The number of amides is 2. The summed E-state index contributed by atoms with van der Waals surface area (Å²) < 4.78 is 37.2. The Morgan fingerprint density at radius 2 is 1.44 bits per heavy atom. The third-order valence-corrected chi connectivity index (χ3v) is 8.01. The van der Waals surface area contributed by atoms with Gasteiger partial charge in [-0.25, -0.2) is 18.0 Å². The lowest BCUT2D eigenvalue weighted by molar-refractivity contribution is 0.0503. The van der Waals surface area contributed by atoms with Crippen LogP contribution in [-0.4, -0.2) is 75.4 Å². The molecule has 3 N–H and O–H groups in total. The SMILES string of the molecule is CC(C)(C)OC(=O)NCC1CCCN(S(=O)(=O)c2ccccc2)C1.CC(C)(C)OC(=O)NCC1CCCNC1. The molecule has 1 aromatic carbocycles. The normalized spacial score (nSPS) is 20.7. The lowest BCUT2D eigenvalue weighted by Gasteiger charge is -2.32. The summed E-state index contributed by atoms with van der Waals surface area (Å²) in [5, 5.41) is 8.86. The number of nitrogens with zero attached hydrogens (tertiary/aromatic N) is 1. The molecule has 2 aliphatic rings. The van der Waals surface area contributed by atoms with Crippen LogP contribution in [0.5, 0.6) is 0 Å². The standard InChI is InChI=1S/C17H26N2O4S.C11H22N2O2/c1-17(2,3)23-16(20)18-12-14-8-7-11-19(13-14)24(21,22)15-9-5-4-6-10-15;1-11(2,3)15-10(14)13-8-9-5-4-6-12-7-9/h4-6,9-10,14H,7-8,11-13H2,1-3H3,(H,18,20);9,12H,4-8H2,1-3H3,(H,13,14). The van der Waals surface area contributed by atoms with E-state index in [9.17, 15) is 18.0 Å². The van der Waals surface area contributed by atoms with Gasteiger partial charge in [0.2, 0.25) is 10.0 Å². The molecule has 2 saturated heterocycles. The zero-order chi connectivity index (χ0) is 29.1. The van der Waals surface area contributed by atoms with E-state index in [2.05, 4.69) is 16.0 Å². The van der Waals surface area contributed by atoms with E-state index in [1.165, 1.54) is 17.1 Å². The van der Waals surface area contributed by atoms with E-state index in [1.54, 1.807) is 51.1 Å². The number of hydrogen-bond donors (Lipinski definition) is 3. The van der Waals surface area contributed by atoms with Crippen molar-refractivity contribution in [2.45, 2.75) is 83.3 Å². The highest BCUT2D eigenvalue weighted by atomic mass is 32.2. The van der Waals surface area contributed by atoms with E-state index in [-0.39, 0.29) is 12.0 Å². The van der Waals surface area contributed by atoms with E-state index in [0.717, 1.165) is 25.9 Å². The first kappa shape index (κ1) is 32.8. The molecule has 2 amide bonds. The van der Waals surface area contributed by atoms with Crippen LogP contribution in [0.3, 0.4) is 0 Å². The van der Waals surface area contributed by atoms with Crippen molar-refractivity contribution in [2.75, 3.05) is 39.3 Å². The summed E-state index contributed by atoms with van der Waals surface area (Å²) in [5.41, 5.74) is -0.950. The Labute approximate surface area is 234 Å². The van der Waals surface area contributed by atoms with Gasteiger partial charge < -0.3 is 25.4 Å². The fourth-order valence-electron chi connectivity index (χ4n) is 4.34. The maximum Gasteiger partial charge on any atom is 0.407 e. The lowest BCUT2D eigenvalue weighted by Crippen LogP contribution is -2.44. The molecule has 0 radical (unpaired) electrons. The fourth-order valence-corrected chi connectivity index (χ4v) is 5.91. The van der Waals surface area contributed by atoms with E-state index in [1.807, 2.05) is 20.8 Å². The number of rotatable bonds is 6. The highest BCUT2D eigenvalue weighted by molar-refractivity contribution is 7.89. The van der Waals surface area contributed by atoms with Crippen LogP contribution in [0.15, 0.2) is 35.2 Å². The number of piperidine rings is 2. The third-order valence-electron chi connectivity index (χ3n) is 6.13. The van der Waals surface area contributed by atoms with Gasteiger partial charge in [0.15, 0.2) is 0 Å². The third kappa shape index (κ3) is 13.0. The Hall–Kier alpha value is -2.37. The first-order valence-electron chi connectivity index (χ1n) is 13.9. The zero-order valence-electron chi connectivity index (χ0n) is 24.4. The van der Waals surface area contributed by atoms with E-state index in [0.29, 0.717) is 37.0 Å². The highest BCUT2D eigenvalue weighted by Gasteiger charge is 2.30. The van der Waals surface area contributed by atoms with Crippen molar-refractivity contribution < 1.29 is 27.5 Å². The molecule has 0 bridgehead atoms. The summed E-state index contributed by atoms with van der Waals surface area (Å²) in [5.74, 6) is 0.635. The molecule has 0 aromatic heterocycles. The Bertz CT molecular complexity index is 999. The Balaban J connectivity index is 0.000000306. The number of sulfonamides is 1. The Morgan fingerprint density at radius 3 is 1.95 bits per heavy atom. The monoisotopic (exact) mass is 568 g/mol. The van der Waals surface area contributed by atoms with Gasteiger partial charge in [0.05, 0.1) is 4.90 Å². The Kier molecular flexibility index (Phi) is 12.5. The molecule has 2 unspecified atom stereocenters. The summed E-state index contributed by atoms with van der Waals surface area (Å²) in [6, 6.07) is 8.45. The molecule has 2 fully saturated rings. The number of carbonyl (C=O) groups excluding carboxylic acids is 2. The summed E-state index contributed by atoms with van der Waals surface area (Å²) in [6.45, 7) is 15.2. The molecule has 11 heteroatoms. The number of carbonyl (C=O) groups is 2. The second kappa shape index (κ2) is 14.9. The molecule has 0 saturated carbocycles. The van der Waals surface area contributed by atoms with Gasteiger partial charge >= 0.3 is 12.2 Å². The molecule has 0 spiro atoms. The molecule has 2 heterocycles. The van der Waals surface area contributed by atoms with Crippen LogP contribution in [0.25, 0.3) is 0 Å². The number of nitrogens with one attached hydrogen (secondary N) is 3. The van der Waals surface area contributed by atoms with Gasteiger partial charge in [-0.2, -0.15) is 4.31 Å². The minimum absolute atomic E-state index is 0.0877. The first-order valence-corrected chi connectivity index (χ1v) is 15.3. The van der Waals surface area contributed by atoms with E-state index < -0.39 is 27.3 Å². The fraction of sp³-hybridized carbons (Fsp3) is 0.714. The summed E-state index contributed by atoms with van der Waals surface area (Å²) in [6.07, 6.45) is 3.27. The van der Waals surface area contributed by atoms with Crippen molar-refractivity contribution in [1.29, 1.82) is 0 Å². The number of alkyl carbamates (subject to hydrolysis) is 2. The van der Waals surface area contributed by atoms with Crippen LogP contribution >= 0.6 is 0 Å². The van der Waals surface area contributed by atoms with Crippen LogP contribution in [0.2, 0.25) is 0 Å². The van der Waals surface area contributed by atoms with Crippen LogP contribution in [-0.2, 0) is 19.5 Å². The predicted octanol–water partition coefficient (Wildman–Crippen LogP) is 4.12. The summed E-state index contributed by atoms with van der Waals surface area (Å²) >= 11 is 0. The molecule has 1 aromatic rings. The van der Waals surface area contributed by atoms with E-state index >= 15 is 0 Å². The van der Waals surface area contributed by atoms with Gasteiger partial charge in [-0.15, -0.1) is 0 Å². The van der Waals surface area contributed by atoms with Crippen molar-refractivity contribution in [3.63, 3.8) is 0 Å². The van der Waals surface area contributed by atoms with Crippen LogP contribution in [0.4, 0.5) is 9.59 Å². The number of benzene rings is 1. The predicted molar refractivity (Wildman–Crippen MR) is 152 cm³/mol. The molecule has 10 nitrogen and oxygen atoms in total. The van der Waals surface area contributed by atoms with Gasteiger partial charge in [-0.05, 0) is 104 Å². The van der Waals surface area contributed by atoms with Crippen LogP contribution in [0.1, 0.15) is 67.2 Å². The average molecular weight is 569 g/mol. The second-order valence-electron chi connectivity index (χ2n) is 12.2. The van der Waals surface area contributed by atoms with Crippen molar-refractivity contribution >= 4 is 22.2 Å². The maximum absolute atomic E-state index is 12.7. The van der Waals surface area contributed by atoms with Crippen molar-refractivity contribution in [1.82, 2.24) is 20.3 Å². The quantitative estimate of drug-likeness (QED) is 0.471. The minimum atomic E-state index is -3.47. The second-order valence-corrected chi connectivity index (χ2v) is 14.1. The van der Waals surface area contributed by atoms with Gasteiger partial charge in [0.1, 0.15) is 11.2 Å². The smallest absolute Gasteiger partial charge is 0.407 e. The number of hydrogen-bond acceptors (Lipinski definition) is 7. The highest BCUT2D eigenvalue weighted by Crippen LogP contribution is 2.23. The van der Waals surface area contributed by atoms with E-state index in [4.69, 9.17) is 9.47 Å². The number of ether oxygens (including phenoxy) is 2. The van der Waals surface area contributed by atoms with Crippen molar-refractivity contribution in [2.24, 2.45) is 11.8 Å².